The third-order valence-corrected chi connectivity index (χ3v) is 5.06. The molecule has 0 saturated carbocycles. The van der Waals surface area contributed by atoms with E-state index < -0.39 is 23.4 Å². The van der Waals surface area contributed by atoms with Crippen LogP contribution in [0.3, 0.4) is 0 Å². The minimum atomic E-state index is -5.01. The molecule has 0 fully saturated rings. The molecule has 2 unspecified atom stereocenters. The second kappa shape index (κ2) is 8.23. The molecule has 0 aliphatic carbocycles. The number of nitrogens with zero attached hydrogens (tertiary/aromatic N) is 3. The predicted octanol–water partition coefficient (Wildman–Crippen LogP) is 4.87. The highest BCUT2D eigenvalue weighted by Crippen LogP contribution is 2.49. The van der Waals surface area contributed by atoms with Crippen LogP contribution in [0.25, 0.3) is 0 Å². The van der Waals surface area contributed by atoms with E-state index in [4.69, 9.17) is 20.9 Å². The van der Waals surface area contributed by atoms with Crippen LogP contribution in [0.4, 0.5) is 13.2 Å². The van der Waals surface area contributed by atoms with Crippen LogP contribution in [-0.4, -0.2) is 26.4 Å². The van der Waals surface area contributed by atoms with Crippen molar-refractivity contribution in [2.45, 2.75) is 45.1 Å². The van der Waals surface area contributed by atoms with Crippen LogP contribution in [-0.2, 0) is 12.2 Å². The zero-order valence-corrected chi connectivity index (χ0v) is 17.1. The van der Waals surface area contributed by atoms with Gasteiger partial charge in [-0.25, -0.2) is 0 Å². The van der Waals surface area contributed by atoms with Crippen LogP contribution in [0.2, 0.25) is 5.02 Å². The van der Waals surface area contributed by atoms with Crippen molar-refractivity contribution in [3.8, 4) is 5.75 Å². The first kappa shape index (κ1) is 22.0. The Kier molecular flexibility index (Phi) is 6.05. The number of benzene rings is 1. The van der Waals surface area contributed by atoms with Crippen molar-refractivity contribution in [1.82, 2.24) is 15.1 Å². The fraction of sp³-hybridized carbons (Fsp3) is 0.350. The second-order valence-corrected chi connectivity index (χ2v) is 7.34. The molecule has 10 heteroatoms. The molecule has 30 heavy (non-hydrogen) atoms. The van der Waals surface area contributed by atoms with Crippen LogP contribution in [0.1, 0.15) is 41.2 Å². The molecule has 2 atom stereocenters. The van der Waals surface area contributed by atoms with Gasteiger partial charge in [0.15, 0.2) is 0 Å². The number of aryl methyl sites for hydroxylation is 2. The van der Waals surface area contributed by atoms with Crippen molar-refractivity contribution in [2.75, 3.05) is 0 Å². The largest absolute Gasteiger partial charge is 0.487 e. The van der Waals surface area contributed by atoms with E-state index in [9.17, 15) is 18.3 Å². The molecule has 2 aromatic heterocycles. The smallest absolute Gasteiger partial charge is 0.423 e. The number of rotatable bonds is 6. The molecule has 0 spiro atoms. The summed E-state index contributed by atoms with van der Waals surface area (Å²) in [5, 5.41) is 14.6. The molecule has 0 bridgehead atoms. The maximum atomic E-state index is 13.9. The van der Waals surface area contributed by atoms with Crippen LogP contribution in [0.5, 0.6) is 5.75 Å². The maximum absolute atomic E-state index is 13.9. The van der Waals surface area contributed by atoms with Crippen LogP contribution < -0.4 is 4.74 Å². The lowest BCUT2D eigenvalue weighted by atomic mass is 9.80. The van der Waals surface area contributed by atoms with E-state index in [-0.39, 0.29) is 17.2 Å². The lowest BCUT2D eigenvalue weighted by molar-refractivity contribution is -0.276. The first-order valence-electron chi connectivity index (χ1n) is 8.95. The topological polar surface area (TPSA) is 81.3 Å². The normalized spacial score (nSPS) is 14.9. The fourth-order valence-corrected chi connectivity index (χ4v) is 3.35. The van der Waals surface area contributed by atoms with Gasteiger partial charge in [-0.2, -0.15) is 13.2 Å². The molecule has 1 N–H and O–H groups in total. The predicted molar refractivity (Wildman–Crippen MR) is 102 cm³/mol. The Hall–Kier alpha value is -2.65. The highest BCUT2D eigenvalue weighted by molar-refractivity contribution is 6.31. The number of halogens is 4. The summed E-state index contributed by atoms with van der Waals surface area (Å²) < 4.78 is 52.3. The third-order valence-electron chi connectivity index (χ3n) is 4.73. The minimum Gasteiger partial charge on any atom is -0.487 e. The summed E-state index contributed by atoms with van der Waals surface area (Å²) in [6, 6.07) is 5.94. The van der Waals surface area contributed by atoms with E-state index in [0.717, 1.165) is 6.20 Å². The summed E-state index contributed by atoms with van der Waals surface area (Å²) in [5.41, 5.74) is -2.81. The standard InChI is InChI=1S/C20H19ClF3N3O3/c1-11-8-26-18(9-25-11)19(28,20(22,23)24)13(3)16-5-4-15(7-17(16)21)29-10-14-6-12(2)30-27-14/h4-9,13,28H,10H2,1-3H3. The van der Waals surface area contributed by atoms with Crippen molar-refractivity contribution in [3.63, 3.8) is 0 Å². The quantitative estimate of drug-likeness (QED) is 0.588. The van der Waals surface area contributed by atoms with E-state index in [1.54, 1.807) is 19.9 Å². The number of hydrogen-bond donors (Lipinski definition) is 1. The van der Waals surface area contributed by atoms with Gasteiger partial charge in [-0.05, 0) is 31.5 Å². The molecule has 3 rings (SSSR count). The van der Waals surface area contributed by atoms with Crippen LogP contribution in [0, 0.1) is 13.8 Å². The average Bonchev–Trinajstić information content (AvgIpc) is 3.10. The summed E-state index contributed by atoms with van der Waals surface area (Å²) >= 11 is 6.25. The van der Waals surface area contributed by atoms with Gasteiger partial charge in [0.1, 0.15) is 29.5 Å². The number of ether oxygens (including phenoxy) is 1. The molecular weight excluding hydrogens is 423 g/mol. The Labute approximate surface area is 175 Å². The second-order valence-electron chi connectivity index (χ2n) is 6.93. The summed E-state index contributed by atoms with van der Waals surface area (Å²) in [6.07, 6.45) is -2.92. The van der Waals surface area contributed by atoms with Crippen molar-refractivity contribution in [2.24, 2.45) is 0 Å². The Morgan fingerprint density at radius 1 is 1.17 bits per heavy atom. The van der Waals surface area contributed by atoms with Crippen molar-refractivity contribution in [3.05, 3.63) is 70.1 Å². The van der Waals surface area contributed by atoms with Gasteiger partial charge < -0.3 is 14.4 Å². The number of alkyl halides is 3. The van der Waals surface area contributed by atoms with Gasteiger partial charge in [0, 0.05) is 23.2 Å². The van der Waals surface area contributed by atoms with Crippen LogP contribution >= 0.6 is 11.6 Å². The van der Waals surface area contributed by atoms with Gasteiger partial charge in [-0.3, -0.25) is 9.97 Å². The summed E-state index contributed by atoms with van der Waals surface area (Å²) in [6.45, 7) is 4.66. The Balaban J connectivity index is 1.89. The molecule has 160 valence electrons. The van der Waals surface area contributed by atoms with Gasteiger partial charge >= 0.3 is 6.18 Å². The van der Waals surface area contributed by atoms with Crippen molar-refractivity contribution < 1.29 is 27.5 Å². The van der Waals surface area contributed by atoms with Crippen LogP contribution in [0.15, 0.2) is 41.2 Å². The highest BCUT2D eigenvalue weighted by atomic mass is 35.5. The van der Waals surface area contributed by atoms with Crippen molar-refractivity contribution in [1.29, 1.82) is 0 Å². The van der Waals surface area contributed by atoms with Gasteiger partial charge in [0.2, 0.25) is 5.60 Å². The minimum absolute atomic E-state index is 0.0130. The fourth-order valence-electron chi connectivity index (χ4n) is 3.02. The molecular formula is C20H19ClF3N3O3. The van der Waals surface area contributed by atoms with Gasteiger partial charge in [0.25, 0.3) is 0 Å². The van der Waals surface area contributed by atoms with E-state index >= 15 is 0 Å². The molecule has 1 aromatic carbocycles. The highest BCUT2D eigenvalue weighted by Gasteiger charge is 2.60. The van der Waals surface area contributed by atoms with Gasteiger partial charge in [-0.15, -0.1) is 0 Å². The lowest BCUT2D eigenvalue weighted by Crippen LogP contribution is -2.47. The summed E-state index contributed by atoms with van der Waals surface area (Å²) in [5.74, 6) is -0.502. The number of hydrogen-bond acceptors (Lipinski definition) is 6. The van der Waals surface area contributed by atoms with E-state index in [2.05, 4.69) is 15.1 Å². The van der Waals surface area contributed by atoms with Gasteiger partial charge in [-0.1, -0.05) is 29.7 Å². The number of aromatic nitrogens is 3. The summed E-state index contributed by atoms with van der Waals surface area (Å²) in [4.78, 5) is 7.60. The molecule has 0 saturated heterocycles. The third kappa shape index (κ3) is 4.27. The first-order chi connectivity index (χ1) is 14.0. The lowest BCUT2D eigenvalue weighted by Gasteiger charge is -2.35. The summed E-state index contributed by atoms with van der Waals surface area (Å²) in [7, 11) is 0. The maximum Gasteiger partial charge on any atom is 0.423 e. The average molecular weight is 442 g/mol. The molecule has 0 aliphatic heterocycles. The molecule has 6 nitrogen and oxygen atoms in total. The zero-order valence-electron chi connectivity index (χ0n) is 16.4. The van der Waals surface area contributed by atoms with E-state index in [1.807, 2.05) is 0 Å². The Morgan fingerprint density at radius 3 is 2.43 bits per heavy atom. The monoisotopic (exact) mass is 441 g/mol. The zero-order chi connectivity index (χ0) is 22.1. The van der Waals surface area contributed by atoms with E-state index in [0.29, 0.717) is 22.9 Å². The Morgan fingerprint density at radius 2 is 1.90 bits per heavy atom. The molecule has 3 aromatic rings. The van der Waals surface area contributed by atoms with Crippen molar-refractivity contribution >= 4 is 11.6 Å². The van der Waals surface area contributed by atoms with Gasteiger partial charge in [0.05, 0.1) is 11.9 Å². The molecule has 0 radical (unpaired) electrons. The molecule has 0 aliphatic rings. The molecule has 0 amide bonds. The molecule has 2 heterocycles. The number of aliphatic hydroxyl groups is 1. The Bertz CT molecular complexity index is 1020. The SMILES string of the molecule is Cc1cnc(C(O)(C(C)c2ccc(OCc3cc(C)on3)cc2Cl)C(F)(F)F)cn1. The first-order valence-corrected chi connectivity index (χ1v) is 9.33. The van der Waals surface area contributed by atoms with E-state index in [1.165, 1.54) is 31.3 Å².